The van der Waals surface area contributed by atoms with Gasteiger partial charge in [-0.3, -0.25) is 0 Å². The van der Waals surface area contributed by atoms with Crippen LogP contribution in [-0.4, -0.2) is 35.8 Å². The van der Waals surface area contributed by atoms with Gasteiger partial charge < -0.3 is 9.47 Å². The van der Waals surface area contributed by atoms with Crippen LogP contribution < -0.4 is 0 Å². The summed E-state index contributed by atoms with van der Waals surface area (Å²) in [4.78, 5) is 24.2. The van der Waals surface area contributed by atoms with Gasteiger partial charge in [-0.2, -0.15) is 0 Å². The highest BCUT2D eigenvalue weighted by atomic mass is 79.9. The number of halogens is 2. The first-order chi connectivity index (χ1) is 12.7. The molecule has 6 heteroatoms. The van der Waals surface area contributed by atoms with E-state index in [0.717, 1.165) is 0 Å². The number of carbonyl (C=O) groups is 2. The van der Waals surface area contributed by atoms with Gasteiger partial charge in [0.25, 0.3) is 0 Å². The quantitative estimate of drug-likeness (QED) is 0.382. The molecular formula is C20H20Br2O4. The molecule has 0 spiro atoms. The zero-order valence-electron chi connectivity index (χ0n) is 14.1. The van der Waals surface area contributed by atoms with Gasteiger partial charge in [0.15, 0.2) is 0 Å². The van der Waals surface area contributed by atoms with Crippen molar-refractivity contribution in [1.82, 2.24) is 0 Å². The van der Waals surface area contributed by atoms with Crippen LogP contribution in [0.1, 0.15) is 20.7 Å². The van der Waals surface area contributed by atoms with E-state index < -0.39 is 0 Å². The van der Waals surface area contributed by atoms with Crippen molar-refractivity contribution in [2.75, 3.05) is 23.9 Å². The molecule has 0 saturated heterocycles. The van der Waals surface area contributed by atoms with Gasteiger partial charge in [-0.1, -0.05) is 68.3 Å². The van der Waals surface area contributed by atoms with Crippen LogP contribution in [0.2, 0.25) is 0 Å². The summed E-state index contributed by atoms with van der Waals surface area (Å²) in [6.45, 7) is 0.496. The SMILES string of the molecule is O=C(OCC(CBr)C(CBr)COC(=O)c1ccccc1)c1ccccc1. The average molecular weight is 484 g/mol. The highest BCUT2D eigenvalue weighted by molar-refractivity contribution is 9.09. The molecule has 2 rings (SSSR count). The topological polar surface area (TPSA) is 52.6 Å². The van der Waals surface area contributed by atoms with Crippen LogP contribution >= 0.6 is 31.9 Å². The molecule has 4 nitrogen and oxygen atoms in total. The van der Waals surface area contributed by atoms with E-state index in [0.29, 0.717) is 21.8 Å². The van der Waals surface area contributed by atoms with Gasteiger partial charge in [0.2, 0.25) is 0 Å². The first-order valence-corrected chi connectivity index (χ1v) is 10.5. The largest absolute Gasteiger partial charge is 0.462 e. The predicted octanol–water partition coefficient (Wildman–Crippen LogP) is 4.72. The summed E-state index contributed by atoms with van der Waals surface area (Å²) >= 11 is 6.93. The lowest BCUT2D eigenvalue weighted by atomic mass is 9.97. The van der Waals surface area contributed by atoms with Crippen molar-refractivity contribution >= 4 is 43.8 Å². The molecule has 138 valence electrons. The highest BCUT2D eigenvalue weighted by Crippen LogP contribution is 2.20. The second-order valence-corrected chi connectivity index (χ2v) is 7.05. The minimum absolute atomic E-state index is 0.0191. The van der Waals surface area contributed by atoms with Gasteiger partial charge in [0, 0.05) is 22.5 Å². The van der Waals surface area contributed by atoms with Crippen LogP contribution in [0.4, 0.5) is 0 Å². The van der Waals surface area contributed by atoms with Gasteiger partial charge in [-0.25, -0.2) is 9.59 Å². The summed E-state index contributed by atoms with van der Waals surface area (Å²) in [6, 6.07) is 17.7. The molecule has 0 heterocycles. The molecule has 26 heavy (non-hydrogen) atoms. The average Bonchev–Trinajstić information content (AvgIpc) is 2.71. The molecule has 0 aromatic heterocycles. The Kier molecular flexibility index (Phi) is 8.85. The second kappa shape index (κ2) is 11.1. The van der Waals surface area contributed by atoms with Crippen LogP contribution in [0.25, 0.3) is 0 Å². The molecule has 0 bridgehead atoms. The first kappa shape index (κ1) is 20.6. The third-order valence-electron chi connectivity index (χ3n) is 3.94. The monoisotopic (exact) mass is 482 g/mol. The zero-order valence-corrected chi connectivity index (χ0v) is 17.3. The van der Waals surface area contributed by atoms with Crippen molar-refractivity contribution in [2.24, 2.45) is 11.8 Å². The van der Waals surface area contributed by atoms with E-state index in [1.54, 1.807) is 48.5 Å². The highest BCUT2D eigenvalue weighted by Gasteiger charge is 2.23. The van der Waals surface area contributed by atoms with Crippen molar-refractivity contribution in [3.63, 3.8) is 0 Å². The molecule has 2 unspecified atom stereocenters. The Morgan fingerprint density at radius 2 is 1.04 bits per heavy atom. The number of alkyl halides is 2. The van der Waals surface area contributed by atoms with Crippen LogP contribution in [0.15, 0.2) is 60.7 Å². The Balaban J connectivity index is 1.87. The smallest absolute Gasteiger partial charge is 0.338 e. The maximum absolute atomic E-state index is 12.1. The molecular weight excluding hydrogens is 464 g/mol. The van der Waals surface area contributed by atoms with E-state index in [1.807, 2.05) is 12.1 Å². The lowest BCUT2D eigenvalue weighted by Crippen LogP contribution is -2.29. The lowest BCUT2D eigenvalue weighted by Gasteiger charge is -2.23. The molecule has 0 amide bonds. The Labute approximate surface area is 170 Å². The normalized spacial score (nSPS) is 12.8. The summed E-state index contributed by atoms with van der Waals surface area (Å²) in [7, 11) is 0. The summed E-state index contributed by atoms with van der Waals surface area (Å²) in [5, 5.41) is 1.27. The molecule has 0 N–H and O–H groups in total. The van der Waals surface area contributed by atoms with Crippen molar-refractivity contribution in [3.8, 4) is 0 Å². The minimum atomic E-state index is -0.355. The van der Waals surface area contributed by atoms with Crippen LogP contribution in [0.3, 0.4) is 0 Å². The molecule has 2 aromatic rings. The lowest BCUT2D eigenvalue weighted by molar-refractivity contribution is 0.0282. The molecule has 0 radical (unpaired) electrons. The summed E-state index contributed by atoms with van der Waals surface area (Å²) < 4.78 is 10.9. The molecule has 0 saturated carbocycles. The molecule has 0 aliphatic rings. The number of ether oxygens (including phenoxy) is 2. The number of esters is 2. The fourth-order valence-electron chi connectivity index (χ4n) is 2.29. The number of hydrogen-bond acceptors (Lipinski definition) is 4. The third kappa shape index (κ3) is 6.25. The summed E-state index contributed by atoms with van der Waals surface area (Å²) in [5.74, 6) is -0.673. The van der Waals surface area contributed by atoms with E-state index in [9.17, 15) is 9.59 Å². The van der Waals surface area contributed by atoms with Gasteiger partial charge in [0.05, 0.1) is 24.3 Å². The molecule has 0 fully saturated rings. The van der Waals surface area contributed by atoms with Crippen LogP contribution in [-0.2, 0) is 9.47 Å². The maximum Gasteiger partial charge on any atom is 0.338 e. The van der Waals surface area contributed by atoms with Crippen molar-refractivity contribution < 1.29 is 19.1 Å². The van der Waals surface area contributed by atoms with Crippen molar-refractivity contribution in [1.29, 1.82) is 0 Å². The fourth-order valence-corrected chi connectivity index (χ4v) is 3.72. The zero-order chi connectivity index (χ0) is 18.8. The first-order valence-electron chi connectivity index (χ1n) is 8.22. The molecule has 0 aliphatic heterocycles. The Hall–Kier alpha value is -1.66. The van der Waals surface area contributed by atoms with Gasteiger partial charge in [-0.05, 0) is 24.3 Å². The number of hydrogen-bond donors (Lipinski definition) is 0. The predicted molar refractivity (Wildman–Crippen MR) is 108 cm³/mol. The standard InChI is InChI=1S/C20H20Br2O4/c21-11-17(13-25-19(23)15-7-3-1-4-8-15)18(12-22)14-26-20(24)16-9-5-2-6-10-16/h1-10,17-18H,11-14H2. The van der Waals surface area contributed by atoms with Crippen molar-refractivity contribution in [3.05, 3.63) is 71.8 Å². The number of carbonyl (C=O) groups excluding carboxylic acids is 2. The maximum atomic E-state index is 12.1. The van der Waals surface area contributed by atoms with E-state index in [2.05, 4.69) is 31.9 Å². The second-order valence-electron chi connectivity index (χ2n) is 5.76. The molecule has 2 atom stereocenters. The van der Waals surface area contributed by atoms with Gasteiger partial charge in [-0.15, -0.1) is 0 Å². The summed E-state index contributed by atoms with van der Waals surface area (Å²) in [6.07, 6.45) is 0. The van der Waals surface area contributed by atoms with Crippen molar-refractivity contribution in [2.45, 2.75) is 0 Å². The van der Waals surface area contributed by atoms with E-state index in [-0.39, 0.29) is 37.0 Å². The molecule has 2 aromatic carbocycles. The Bertz CT molecular complexity index is 630. The minimum Gasteiger partial charge on any atom is -0.462 e. The Morgan fingerprint density at radius 1 is 0.692 bits per heavy atom. The number of benzene rings is 2. The number of rotatable bonds is 9. The van der Waals surface area contributed by atoms with Crippen LogP contribution in [0, 0.1) is 11.8 Å². The third-order valence-corrected chi connectivity index (χ3v) is 5.60. The Morgan fingerprint density at radius 3 is 1.35 bits per heavy atom. The van der Waals surface area contributed by atoms with Gasteiger partial charge in [0.1, 0.15) is 0 Å². The van der Waals surface area contributed by atoms with E-state index >= 15 is 0 Å². The van der Waals surface area contributed by atoms with E-state index in [1.165, 1.54) is 0 Å². The molecule has 0 aliphatic carbocycles. The van der Waals surface area contributed by atoms with Crippen LogP contribution in [0.5, 0.6) is 0 Å². The van der Waals surface area contributed by atoms with E-state index in [4.69, 9.17) is 9.47 Å². The van der Waals surface area contributed by atoms with Gasteiger partial charge >= 0.3 is 11.9 Å². The summed E-state index contributed by atoms with van der Waals surface area (Å²) in [5.41, 5.74) is 1.04. The fraction of sp³-hybridized carbons (Fsp3) is 0.300.